The van der Waals surface area contributed by atoms with Crippen LogP contribution in [0.15, 0.2) is 21.9 Å². The summed E-state index contributed by atoms with van der Waals surface area (Å²) in [5.41, 5.74) is 5.75. The first-order chi connectivity index (χ1) is 8.07. The molecule has 0 aliphatic heterocycles. The van der Waals surface area contributed by atoms with E-state index in [0.29, 0.717) is 12.1 Å². The zero-order chi connectivity index (χ0) is 14.1. The van der Waals surface area contributed by atoms with E-state index >= 15 is 0 Å². The number of nitrogens with one attached hydrogen (secondary N) is 2. The van der Waals surface area contributed by atoms with E-state index in [2.05, 4.69) is 0 Å². The molecule has 1 aromatic carbocycles. The SMILES string of the molecule is [NH]c1cc(S(=O)(=O)O)c(N[C]=O)cc1S(=O)(=O)O. The van der Waals surface area contributed by atoms with Gasteiger partial charge in [0.15, 0.2) is 0 Å². The van der Waals surface area contributed by atoms with Gasteiger partial charge in [-0.05, 0) is 12.1 Å². The van der Waals surface area contributed by atoms with Crippen LogP contribution in [0.4, 0.5) is 11.4 Å². The molecule has 2 radical (unpaired) electrons. The highest BCUT2D eigenvalue weighted by molar-refractivity contribution is 7.86. The average Bonchev–Trinajstić information content (AvgIpc) is 2.17. The van der Waals surface area contributed by atoms with E-state index in [1.807, 2.05) is 0 Å². The molecule has 0 saturated carbocycles. The molecule has 0 bridgehead atoms. The van der Waals surface area contributed by atoms with Crippen molar-refractivity contribution in [2.24, 2.45) is 0 Å². The molecule has 1 aromatic rings. The summed E-state index contributed by atoms with van der Waals surface area (Å²) in [7, 11) is -9.55. The largest absolute Gasteiger partial charge is 0.316 e. The first kappa shape index (κ1) is 14.4. The zero-order valence-corrected chi connectivity index (χ0v) is 10.0. The summed E-state index contributed by atoms with van der Waals surface area (Å²) in [6.45, 7) is 0. The average molecular weight is 294 g/mol. The molecular weight excluding hydrogens is 288 g/mol. The molecule has 0 spiro atoms. The van der Waals surface area contributed by atoms with Crippen molar-refractivity contribution in [1.82, 2.24) is 5.73 Å². The third-order valence-electron chi connectivity index (χ3n) is 1.82. The maximum Gasteiger partial charge on any atom is 0.314 e. The van der Waals surface area contributed by atoms with Gasteiger partial charge >= 0.3 is 6.41 Å². The first-order valence-corrected chi connectivity index (χ1v) is 6.93. The predicted molar refractivity (Wildman–Crippen MR) is 58.1 cm³/mol. The molecule has 11 heteroatoms. The second-order valence-corrected chi connectivity index (χ2v) is 5.80. The molecule has 0 heterocycles. The molecule has 0 atom stereocenters. The van der Waals surface area contributed by atoms with Gasteiger partial charge in [0.05, 0.1) is 11.4 Å². The molecule has 98 valence electrons. The highest BCUT2D eigenvalue weighted by Gasteiger charge is 2.23. The van der Waals surface area contributed by atoms with E-state index in [1.54, 1.807) is 5.32 Å². The monoisotopic (exact) mass is 294 g/mol. The molecule has 1 rings (SSSR count). The molecule has 0 aliphatic rings. The van der Waals surface area contributed by atoms with Crippen LogP contribution in [0.3, 0.4) is 0 Å². The minimum Gasteiger partial charge on any atom is -0.316 e. The highest BCUT2D eigenvalue weighted by atomic mass is 32.2. The third kappa shape index (κ3) is 2.95. The van der Waals surface area contributed by atoms with Gasteiger partial charge in [-0.2, -0.15) is 16.8 Å². The van der Waals surface area contributed by atoms with Crippen molar-refractivity contribution in [3.8, 4) is 0 Å². The number of amides is 1. The Morgan fingerprint density at radius 3 is 1.94 bits per heavy atom. The number of benzene rings is 1. The van der Waals surface area contributed by atoms with Crippen molar-refractivity contribution in [2.75, 3.05) is 5.32 Å². The number of anilines is 1. The Balaban J connectivity index is 3.70. The Morgan fingerprint density at radius 2 is 1.56 bits per heavy atom. The van der Waals surface area contributed by atoms with Gasteiger partial charge in [-0.15, -0.1) is 0 Å². The van der Waals surface area contributed by atoms with Crippen LogP contribution in [0, 0.1) is 0 Å². The van der Waals surface area contributed by atoms with Gasteiger partial charge in [-0.1, -0.05) is 0 Å². The molecule has 4 N–H and O–H groups in total. The summed E-state index contributed by atoms with van der Waals surface area (Å²) in [6, 6.07) is 0.990. The first-order valence-electron chi connectivity index (χ1n) is 4.05. The van der Waals surface area contributed by atoms with E-state index in [0.717, 1.165) is 6.41 Å². The van der Waals surface area contributed by atoms with Gasteiger partial charge in [-0.25, -0.2) is 0 Å². The van der Waals surface area contributed by atoms with Crippen LogP contribution >= 0.6 is 0 Å². The van der Waals surface area contributed by atoms with Gasteiger partial charge in [0.25, 0.3) is 20.2 Å². The number of hydrogen-bond acceptors (Lipinski definition) is 5. The molecular formula is C7H6N2O7S2. The summed E-state index contributed by atoms with van der Waals surface area (Å²) < 4.78 is 61.2. The molecule has 0 aliphatic carbocycles. The summed E-state index contributed by atoms with van der Waals surface area (Å²) in [5.74, 6) is 0. The molecule has 0 unspecified atom stereocenters. The number of carbonyl (C=O) groups excluding carboxylic acids is 1. The number of rotatable bonds is 4. The fourth-order valence-electron chi connectivity index (χ4n) is 1.14. The maximum atomic E-state index is 10.9. The van der Waals surface area contributed by atoms with Crippen LogP contribution in [-0.2, 0) is 25.0 Å². The molecule has 0 fully saturated rings. The Kier molecular flexibility index (Phi) is 3.62. The normalized spacial score (nSPS) is 12.1. The third-order valence-corrected chi connectivity index (χ3v) is 3.61. The second kappa shape index (κ2) is 4.53. The lowest BCUT2D eigenvalue weighted by molar-refractivity contribution is 0.479. The van der Waals surface area contributed by atoms with Crippen molar-refractivity contribution in [3.63, 3.8) is 0 Å². The van der Waals surface area contributed by atoms with Crippen molar-refractivity contribution < 1.29 is 30.7 Å². The van der Waals surface area contributed by atoms with Gasteiger partial charge in [0.2, 0.25) is 0 Å². The summed E-state index contributed by atoms with van der Waals surface area (Å²) >= 11 is 0. The van der Waals surface area contributed by atoms with Crippen LogP contribution in [0.25, 0.3) is 0 Å². The van der Waals surface area contributed by atoms with Gasteiger partial charge in [0.1, 0.15) is 9.79 Å². The quantitative estimate of drug-likeness (QED) is 0.501. The summed E-state index contributed by atoms with van der Waals surface area (Å²) in [6.07, 6.45) is 1.08. The Labute approximate surface area is 102 Å². The fraction of sp³-hybridized carbons (Fsp3) is 0. The van der Waals surface area contributed by atoms with Crippen molar-refractivity contribution in [1.29, 1.82) is 0 Å². The fourth-order valence-corrected chi connectivity index (χ4v) is 2.40. The lowest BCUT2D eigenvalue weighted by Crippen LogP contribution is -2.08. The topological polar surface area (TPSA) is 162 Å². The Bertz CT molecular complexity index is 693. The van der Waals surface area contributed by atoms with E-state index in [9.17, 15) is 21.6 Å². The van der Waals surface area contributed by atoms with Crippen LogP contribution in [0.2, 0.25) is 0 Å². The predicted octanol–water partition coefficient (Wildman–Crippen LogP) is -0.426. The van der Waals surface area contributed by atoms with Crippen molar-refractivity contribution >= 4 is 38.0 Å². The van der Waals surface area contributed by atoms with Crippen LogP contribution in [-0.4, -0.2) is 32.4 Å². The molecule has 1 amide bonds. The van der Waals surface area contributed by atoms with Gasteiger partial charge in [-0.3, -0.25) is 19.6 Å². The minimum absolute atomic E-state index is 0.470. The van der Waals surface area contributed by atoms with E-state index in [4.69, 9.17) is 14.8 Å². The van der Waals surface area contributed by atoms with E-state index < -0.39 is 41.4 Å². The lowest BCUT2D eigenvalue weighted by atomic mass is 10.3. The minimum atomic E-state index is -4.78. The molecule has 9 nitrogen and oxygen atoms in total. The Morgan fingerprint density at radius 1 is 1.06 bits per heavy atom. The van der Waals surface area contributed by atoms with E-state index in [1.165, 1.54) is 0 Å². The van der Waals surface area contributed by atoms with Crippen LogP contribution in [0.5, 0.6) is 0 Å². The molecule has 18 heavy (non-hydrogen) atoms. The zero-order valence-electron chi connectivity index (χ0n) is 8.41. The molecule has 0 saturated heterocycles. The van der Waals surface area contributed by atoms with E-state index in [-0.39, 0.29) is 0 Å². The van der Waals surface area contributed by atoms with Gasteiger partial charge in [0, 0.05) is 0 Å². The summed E-state index contributed by atoms with van der Waals surface area (Å²) in [5, 5.41) is 1.72. The summed E-state index contributed by atoms with van der Waals surface area (Å²) in [4.78, 5) is 8.32. The Hall–Kier alpha value is -1.69. The van der Waals surface area contributed by atoms with Crippen molar-refractivity contribution in [3.05, 3.63) is 12.1 Å². The smallest absolute Gasteiger partial charge is 0.314 e. The van der Waals surface area contributed by atoms with Crippen molar-refractivity contribution in [2.45, 2.75) is 9.79 Å². The second-order valence-electron chi connectivity index (χ2n) is 3.02. The maximum absolute atomic E-state index is 10.9. The highest BCUT2D eigenvalue weighted by Crippen LogP contribution is 2.30. The molecule has 0 aromatic heterocycles. The lowest BCUT2D eigenvalue weighted by Gasteiger charge is -2.09. The number of hydrogen-bond donors (Lipinski definition) is 3. The standard InChI is InChI=1S/C7H6N2O7S2/c8-4-1-7(18(14,15)16)5(9-3-10)2-6(4)17(11,12)13/h1-2,8H,(H,9,10)(H,11,12,13)(H,14,15,16). The van der Waals surface area contributed by atoms with Gasteiger partial charge < -0.3 is 5.32 Å². The van der Waals surface area contributed by atoms with Crippen LogP contribution in [0.1, 0.15) is 0 Å². The van der Waals surface area contributed by atoms with Crippen LogP contribution < -0.4 is 11.1 Å².